The first-order chi connectivity index (χ1) is 8.43. The van der Waals surface area contributed by atoms with Gasteiger partial charge < -0.3 is 9.67 Å². The summed E-state index contributed by atoms with van der Waals surface area (Å²) in [7, 11) is -3.60. The maximum atomic E-state index is 12.3. The van der Waals surface area contributed by atoms with Gasteiger partial charge in [0, 0.05) is 25.3 Å². The van der Waals surface area contributed by atoms with Crippen molar-refractivity contribution < 1.29 is 13.5 Å². The van der Waals surface area contributed by atoms with Crippen LogP contribution in [0.25, 0.3) is 0 Å². The molecular weight excluding hydrogens is 254 g/mol. The molecule has 0 aliphatic rings. The van der Waals surface area contributed by atoms with Crippen molar-refractivity contribution in [1.82, 2.24) is 13.9 Å². The van der Waals surface area contributed by atoms with Gasteiger partial charge in [0.15, 0.2) is 5.03 Å². The van der Waals surface area contributed by atoms with E-state index in [0.29, 0.717) is 13.0 Å². The zero-order valence-electron chi connectivity index (χ0n) is 11.1. The predicted molar refractivity (Wildman–Crippen MR) is 68.7 cm³/mol. The van der Waals surface area contributed by atoms with Gasteiger partial charge in [-0.25, -0.2) is 13.4 Å². The lowest BCUT2D eigenvalue weighted by Gasteiger charge is -2.18. The fourth-order valence-electron chi connectivity index (χ4n) is 1.58. The number of hydrogen-bond donors (Lipinski definition) is 1. The number of hydrogen-bond acceptors (Lipinski definition) is 4. The third-order valence-electron chi connectivity index (χ3n) is 2.60. The van der Waals surface area contributed by atoms with Crippen LogP contribution in [-0.4, -0.2) is 47.1 Å². The fraction of sp³-hybridized carbons (Fsp3) is 0.727. The van der Waals surface area contributed by atoms with Crippen molar-refractivity contribution in [1.29, 1.82) is 0 Å². The first-order valence-corrected chi connectivity index (χ1v) is 7.52. The molecule has 0 saturated heterocycles. The lowest BCUT2D eigenvalue weighted by atomic mass is 10.4. The average Bonchev–Trinajstić information content (AvgIpc) is 2.78. The standard InChI is InChI=1S/C11H21N3O3S/c1-4-5-14(6-7-15)18(16,17)11-8-13(9-12-11)10(2)3/h8-10,15H,4-7H2,1-3H3. The molecule has 0 aliphatic carbocycles. The molecule has 0 aromatic carbocycles. The second-order valence-electron chi connectivity index (χ2n) is 4.38. The van der Waals surface area contributed by atoms with E-state index in [4.69, 9.17) is 5.11 Å². The van der Waals surface area contributed by atoms with Crippen molar-refractivity contribution in [2.45, 2.75) is 38.3 Å². The lowest BCUT2D eigenvalue weighted by molar-refractivity contribution is 0.253. The molecule has 1 aromatic rings. The van der Waals surface area contributed by atoms with Crippen LogP contribution in [0.1, 0.15) is 33.2 Å². The van der Waals surface area contributed by atoms with Crippen LogP contribution in [0.15, 0.2) is 17.6 Å². The van der Waals surface area contributed by atoms with E-state index >= 15 is 0 Å². The maximum Gasteiger partial charge on any atom is 0.262 e. The average molecular weight is 275 g/mol. The topological polar surface area (TPSA) is 75.4 Å². The highest BCUT2D eigenvalue weighted by Gasteiger charge is 2.25. The Morgan fingerprint density at radius 1 is 1.44 bits per heavy atom. The smallest absolute Gasteiger partial charge is 0.262 e. The normalized spacial score (nSPS) is 12.6. The minimum absolute atomic E-state index is 0.0399. The number of nitrogens with zero attached hydrogens (tertiary/aromatic N) is 3. The molecule has 0 amide bonds. The van der Waals surface area contributed by atoms with Gasteiger partial charge in [0.2, 0.25) is 0 Å². The Morgan fingerprint density at radius 2 is 2.11 bits per heavy atom. The van der Waals surface area contributed by atoms with Crippen LogP contribution in [0.2, 0.25) is 0 Å². The molecule has 7 heteroatoms. The molecule has 0 saturated carbocycles. The van der Waals surface area contributed by atoms with Gasteiger partial charge in [-0.05, 0) is 20.3 Å². The molecule has 0 bridgehead atoms. The van der Waals surface area contributed by atoms with Crippen molar-refractivity contribution in [2.75, 3.05) is 19.7 Å². The minimum Gasteiger partial charge on any atom is -0.395 e. The molecule has 0 unspecified atom stereocenters. The van der Waals surface area contributed by atoms with Crippen molar-refractivity contribution in [2.24, 2.45) is 0 Å². The summed E-state index contributed by atoms with van der Waals surface area (Å²) < 4.78 is 27.6. The lowest BCUT2D eigenvalue weighted by Crippen LogP contribution is -2.34. The molecule has 0 spiro atoms. The van der Waals surface area contributed by atoms with Gasteiger partial charge in [-0.15, -0.1) is 0 Å². The second-order valence-corrected chi connectivity index (χ2v) is 6.27. The summed E-state index contributed by atoms with van der Waals surface area (Å²) in [5, 5.41) is 8.98. The summed E-state index contributed by atoms with van der Waals surface area (Å²) in [4.78, 5) is 3.95. The molecule has 0 radical (unpaired) electrons. The van der Waals surface area contributed by atoms with Gasteiger partial charge in [-0.2, -0.15) is 4.31 Å². The number of aromatic nitrogens is 2. The van der Waals surface area contributed by atoms with Crippen LogP contribution in [0.5, 0.6) is 0 Å². The predicted octanol–water partition coefficient (Wildman–Crippen LogP) is 0.857. The zero-order valence-corrected chi connectivity index (χ0v) is 11.9. The Hall–Kier alpha value is -0.920. The van der Waals surface area contributed by atoms with E-state index < -0.39 is 10.0 Å². The van der Waals surface area contributed by atoms with Crippen LogP contribution in [0, 0.1) is 0 Å². The second kappa shape index (κ2) is 6.31. The highest BCUT2D eigenvalue weighted by Crippen LogP contribution is 2.15. The van der Waals surface area contributed by atoms with Crippen LogP contribution in [0.3, 0.4) is 0 Å². The van der Waals surface area contributed by atoms with Gasteiger partial charge in [-0.1, -0.05) is 6.92 Å². The molecule has 1 rings (SSSR count). The van der Waals surface area contributed by atoms with Crippen molar-refractivity contribution >= 4 is 10.0 Å². The molecule has 18 heavy (non-hydrogen) atoms. The summed E-state index contributed by atoms with van der Waals surface area (Å²) in [5.41, 5.74) is 0. The number of aliphatic hydroxyl groups excluding tert-OH is 1. The highest BCUT2D eigenvalue weighted by molar-refractivity contribution is 7.89. The number of rotatable bonds is 7. The Labute approximate surface area is 108 Å². The summed E-state index contributed by atoms with van der Waals surface area (Å²) in [5.74, 6) is 0. The van der Waals surface area contributed by atoms with E-state index in [0.717, 1.165) is 0 Å². The molecule has 104 valence electrons. The molecule has 6 nitrogen and oxygen atoms in total. The third-order valence-corrected chi connectivity index (χ3v) is 4.39. The van der Waals surface area contributed by atoms with Gasteiger partial charge in [0.1, 0.15) is 0 Å². The Morgan fingerprint density at radius 3 is 2.56 bits per heavy atom. The van der Waals surface area contributed by atoms with Gasteiger partial charge in [-0.3, -0.25) is 0 Å². The van der Waals surface area contributed by atoms with Crippen LogP contribution in [-0.2, 0) is 10.0 Å². The third kappa shape index (κ3) is 3.30. The molecule has 0 atom stereocenters. The van der Waals surface area contributed by atoms with E-state index in [1.54, 1.807) is 4.57 Å². The molecule has 1 aromatic heterocycles. The molecule has 0 aliphatic heterocycles. The van der Waals surface area contributed by atoms with E-state index in [9.17, 15) is 8.42 Å². The van der Waals surface area contributed by atoms with E-state index in [1.165, 1.54) is 16.8 Å². The van der Waals surface area contributed by atoms with E-state index in [1.807, 2.05) is 20.8 Å². The summed E-state index contributed by atoms with van der Waals surface area (Å²) in [6.07, 6.45) is 3.74. The highest BCUT2D eigenvalue weighted by atomic mass is 32.2. The minimum atomic E-state index is -3.60. The monoisotopic (exact) mass is 275 g/mol. The quantitative estimate of drug-likeness (QED) is 0.800. The zero-order chi connectivity index (χ0) is 13.8. The largest absolute Gasteiger partial charge is 0.395 e. The maximum absolute atomic E-state index is 12.3. The molecule has 1 N–H and O–H groups in total. The van der Waals surface area contributed by atoms with Crippen LogP contribution < -0.4 is 0 Å². The number of sulfonamides is 1. The van der Waals surface area contributed by atoms with Crippen molar-refractivity contribution in [3.8, 4) is 0 Å². The Bertz CT molecular complexity index is 462. The summed E-state index contributed by atoms with van der Waals surface area (Å²) in [6.45, 7) is 6.10. The molecule has 1 heterocycles. The Balaban J connectivity index is 3.01. The van der Waals surface area contributed by atoms with Crippen molar-refractivity contribution in [3.05, 3.63) is 12.5 Å². The first kappa shape index (κ1) is 15.1. The Kier molecular flexibility index (Phi) is 5.30. The van der Waals surface area contributed by atoms with Gasteiger partial charge in [0.25, 0.3) is 10.0 Å². The SMILES string of the molecule is CCCN(CCO)S(=O)(=O)c1cn(C(C)C)cn1. The number of imidazole rings is 1. The number of aliphatic hydroxyl groups is 1. The van der Waals surface area contributed by atoms with Crippen LogP contribution >= 0.6 is 0 Å². The molecule has 0 fully saturated rings. The first-order valence-electron chi connectivity index (χ1n) is 6.08. The van der Waals surface area contributed by atoms with E-state index in [-0.39, 0.29) is 24.2 Å². The van der Waals surface area contributed by atoms with Gasteiger partial charge in [0.05, 0.1) is 12.9 Å². The van der Waals surface area contributed by atoms with Gasteiger partial charge >= 0.3 is 0 Å². The molecular formula is C11H21N3O3S. The summed E-state index contributed by atoms with van der Waals surface area (Å²) >= 11 is 0. The summed E-state index contributed by atoms with van der Waals surface area (Å²) in [6, 6.07) is 0.166. The van der Waals surface area contributed by atoms with E-state index in [2.05, 4.69) is 4.98 Å². The fourth-order valence-corrected chi connectivity index (χ4v) is 3.02. The van der Waals surface area contributed by atoms with Crippen LogP contribution in [0.4, 0.5) is 0 Å². The van der Waals surface area contributed by atoms with Crippen molar-refractivity contribution in [3.63, 3.8) is 0 Å².